The number of ether oxygens (including phenoxy) is 1. The molecule has 1 aliphatic heterocycles. The molecule has 1 aliphatic rings. The van der Waals surface area contributed by atoms with Gasteiger partial charge in [-0.15, -0.1) is 0 Å². The van der Waals surface area contributed by atoms with Crippen LogP contribution in [0.15, 0.2) is 20.9 Å². The van der Waals surface area contributed by atoms with E-state index in [9.17, 15) is 9.59 Å². The number of aromatic amines is 1. The van der Waals surface area contributed by atoms with Crippen LogP contribution in [0, 0.1) is 13.5 Å². The van der Waals surface area contributed by atoms with Gasteiger partial charge in [0.25, 0.3) is 5.56 Å². The molecule has 3 atom stereocenters. The molecule has 1 aromatic rings. The number of azide groups is 1. The van der Waals surface area contributed by atoms with E-state index in [0.29, 0.717) is 5.56 Å². The van der Waals surface area contributed by atoms with Crippen molar-refractivity contribution in [2.45, 2.75) is 31.7 Å². The van der Waals surface area contributed by atoms with Crippen molar-refractivity contribution in [1.82, 2.24) is 9.55 Å². The molecule has 1 N–H and O–H groups in total. The van der Waals surface area contributed by atoms with Crippen LogP contribution in [0.5, 0.6) is 0 Å². The van der Waals surface area contributed by atoms with Crippen LogP contribution in [0.3, 0.4) is 0 Å². The standard InChI is InChI=1S/C11H12N6O3/c1-6-5-17(11(19)14-10(6)18)9-3-7(15-16-12)8(20-9)4-13-2/h5,7-9H,3-4H2,1H3,(H,14,18,19). The molecule has 9 nitrogen and oxygen atoms in total. The van der Waals surface area contributed by atoms with Crippen molar-refractivity contribution < 1.29 is 4.74 Å². The maximum atomic E-state index is 11.8. The van der Waals surface area contributed by atoms with Gasteiger partial charge in [0, 0.05) is 23.1 Å². The third kappa shape index (κ3) is 2.56. The fourth-order valence-electron chi connectivity index (χ4n) is 2.13. The van der Waals surface area contributed by atoms with Crippen molar-refractivity contribution >= 4 is 0 Å². The van der Waals surface area contributed by atoms with E-state index in [1.165, 1.54) is 10.8 Å². The molecule has 0 aliphatic carbocycles. The third-order valence-corrected chi connectivity index (χ3v) is 3.13. The van der Waals surface area contributed by atoms with Crippen LogP contribution < -0.4 is 11.2 Å². The van der Waals surface area contributed by atoms with Crippen LogP contribution in [0.4, 0.5) is 0 Å². The van der Waals surface area contributed by atoms with Gasteiger partial charge in [-0.25, -0.2) is 11.4 Å². The zero-order valence-corrected chi connectivity index (χ0v) is 10.7. The van der Waals surface area contributed by atoms with Crippen LogP contribution in [-0.4, -0.2) is 28.2 Å². The number of hydrogen-bond donors (Lipinski definition) is 1. The molecule has 0 saturated carbocycles. The van der Waals surface area contributed by atoms with Gasteiger partial charge in [0.1, 0.15) is 12.3 Å². The molecule has 20 heavy (non-hydrogen) atoms. The topological polar surface area (TPSA) is 117 Å². The Morgan fingerprint density at radius 1 is 1.65 bits per heavy atom. The highest BCUT2D eigenvalue weighted by Gasteiger charge is 2.38. The zero-order valence-electron chi connectivity index (χ0n) is 10.7. The van der Waals surface area contributed by atoms with Gasteiger partial charge >= 0.3 is 5.69 Å². The molecule has 2 rings (SSSR count). The molecule has 1 saturated heterocycles. The molecule has 0 radical (unpaired) electrons. The Morgan fingerprint density at radius 2 is 2.40 bits per heavy atom. The summed E-state index contributed by atoms with van der Waals surface area (Å²) in [7, 11) is 0. The number of aryl methyl sites for hydroxylation is 1. The predicted octanol–water partition coefficient (Wildman–Crippen LogP) is 0.731. The average Bonchev–Trinajstić information content (AvgIpc) is 2.78. The number of nitrogens with zero attached hydrogens (tertiary/aromatic N) is 5. The van der Waals surface area contributed by atoms with Crippen molar-refractivity contribution in [2.24, 2.45) is 5.11 Å². The highest BCUT2D eigenvalue weighted by Crippen LogP contribution is 2.30. The van der Waals surface area contributed by atoms with Crippen molar-refractivity contribution in [3.63, 3.8) is 0 Å². The Hall–Kier alpha value is -2.56. The summed E-state index contributed by atoms with van der Waals surface area (Å²) in [5.74, 6) is 0. The van der Waals surface area contributed by atoms with Crippen molar-refractivity contribution in [3.05, 3.63) is 54.5 Å². The molecule has 0 amide bonds. The average molecular weight is 276 g/mol. The molecule has 1 aromatic heterocycles. The van der Waals surface area contributed by atoms with Gasteiger partial charge < -0.3 is 9.58 Å². The lowest BCUT2D eigenvalue weighted by Gasteiger charge is -2.13. The minimum absolute atomic E-state index is 0.0528. The number of H-pyrrole nitrogens is 1. The minimum Gasteiger partial charge on any atom is -0.346 e. The lowest BCUT2D eigenvalue weighted by Crippen LogP contribution is -2.33. The molecule has 1 fully saturated rings. The fraction of sp³-hybridized carbons (Fsp3) is 0.545. The summed E-state index contributed by atoms with van der Waals surface area (Å²) in [6.45, 7) is 8.49. The molecule has 3 unspecified atom stereocenters. The highest BCUT2D eigenvalue weighted by atomic mass is 16.5. The maximum absolute atomic E-state index is 11.8. The Balaban J connectivity index is 2.34. The van der Waals surface area contributed by atoms with Crippen LogP contribution in [0.1, 0.15) is 18.2 Å². The maximum Gasteiger partial charge on any atom is 0.330 e. The number of rotatable bonds is 3. The van der Waals surface area contributed by atoms with Crippen LogP contribution in [0.2, 0.25) is 0 Å². The number of hydrogen-bond acceptors (Lipinski definition) is 4. The molecular weight excluding hydrogens is 264 g/mol. The highest BCUT2D eigenvalue weighted by molar-refractivity contribution is 5.02. The smallest absolute Gasteiger partial charge is 0.330 e. The summed E-state index contributed by atoms with van der Waals surface area (Å²) in [4.78, 5) is 31.2. The van der Waals surface area contributed by atoms with Crippen LogP contribution in [0.25, 0.3) is 15.3 Å². The first-order chi connectivity index (χ1) is 9.56. The third-order valence-electron chi connectivity index (χ3n) is 3.13. The normalized spacial score (nSPS) is 24.9. The first kappa shape index (κ1) is 13.9. The van der Waals surface area contributed by atoms with Crippen molar-refractivity contribution in [2.75, 3.05) is 6.54 Å². The minimum atomic E-state index is -0.653. The first-order valence-corrected chi connectivity index (χ1v) is 5.91. The molecule has 0 aromatic carbocycles. The molecule has 104 valence electrons. The monoisotopic (exact) mass is 276 g/mol. The fourth-order valence-corrected chi connectivity index (χ4v) is 2.13. The van der Waals surface area contributed by atoms with E-state index in [1.807, 2.05) is 0 Å². The number of aromatic nitrogens is 2. The van der Waals surface area contributed by atoms with Crippen LogP contribution >= 0.6 is 0 Å². The second kappa shape index (κ2) is 5.61. The summed E-state index contributed by atoms with van der Waals surface area (Å²) in [6, 6.07) is -0.502. The molecule has 0 bridgehead atoms. The quantitative estimate of drug-likeness (QED) is 0.379. The van der Waals surface area contributed by atoms with Crippen molar-refractivity contribution in [3.8, 4) is 0 Å². The van der Waals surface area contributed by atoms with E-state index in [4.69, 9.17) is 16.8 Å². The van der Waals surface area contributed by atoms with Crippen LogP contribution in [-0.2, 0) is 4.74 Å². The summed E-state index contributed by atoms with van der Waals surface area (Å²) in [6.07, 6.45) is 0.488. The summed E-state index contributed by atoms with van der Waals surface area (Å²) < 4.78 is 6.84. The van der Waals surface area contributed by atoms with Gasteiger partial charge in [-0.05, 0) is 12.5 Å². The van der Waals surface area contributed by atoms with E-state index in [0.717, 1.165) is 0 Å². The van der Waals surface area contributed by atoms with E-state index in [1.54, 1.807) is 6.92 Å². The second-order valence-electron chi connectivity index (χ2n) is 4.46. The van der Waals surface area contributed by atoms with Gasteiger partial charge in [0.15, 0.2) is 0 Å². The summed E-state index contributed by atoms with van der Waals surface area (Å²) in [5, 5.41) is 3.59. The van der Waals surface area contributed by atoms with E-state index < -0.39 is 29.6 Å². The van der Waals surface area contributed by atoms with Gasteiger partial charge in [-0.3, -0.25) is 14.3 Å². The van der Waals surface area contributed by atoms with E-state index in [-0.39, 0.29) is 13.0 Å². The van der Waals surface area contributed by atoms with Gasteiger partial charge in [-0.1, -0.05) is 5.11 Å². The molecule has 2 heterocycles. The summed E-state index contributed by atoms with van der Waals surface area (Å²) >= 11 is 0. The van der Waals surface area contributed by atoms with Gasteiger partial charge in [-0.2, -0.15) is 0 Å². The van der Waals surface area contributed by atoms with Crippen molar-refractivity contribution in [1.29, 1.82) is 0 Å². The number of nitrogens with one attached hydrogen (secondary N) is 1. The van der Waals surface area contributed by atoms with Gasteiger partial charge in [0.05, 0.1) is 6.04 Å². The molecular formula is C11H12N6O3. The predicted molar refractivity (Wildman–Crippen MR) is 69.0 cm³/mol. The molecule has 9 heteroatoms. The first-order valence-electron chi connectivity index (χ1n) is 5.91. The summed E-state index contributed by atoms with van der Waals surface area (Å²) in [5.41, 5.74) is 7.85. The second-order valence-corrected chi connectivity index (χ2v) is 4.46. The molecule has 0 spiro atoms. The van der Waals surface area contributed by atoms with Gasteiger partial charge in [0.2, 0.25) is 6.54 Å². The Labute approximate surface area is 113 Å². The van der Waals surface area contributed by atoms with E-state index in [2.05, 4.69) is 19.9 Å². The zero-order chi connectivity index (χ0) is 14.7. The lowest BCUT2D eigenvalue weighted by molar-refractivity contribution is 0.00476. The largest absolute Gasteiger partial charge is 0.346 e. The SMILES string of the molecule is [C-]#[N+]CC1OC(n2cc(C)c(=O)[nH]c2=O)CC1N=[N+]=[N-]. The Kier molecular flexibility index (Phi) is 3.89. The lowest BCUT2D eigenvalue weighted by atomic mass is 10.1. The Bertz CT molecular complexity index is 708. The van der Waals surface area contributed by atoms with E-state index >= 15 is 0 Å². The Morgan fingerprint density at radius 3 is 3.05 bits per heavy atom.